The van der Waals surface area contributed by atoms with E-state index in [0.29, 0.717) is 0 Å². The van der Waals surface area contributed by atoms with Crippen LogP contribution in [0.25, 0.3) is 0 Å². The summed E-state index contributed by atoms with van der Waals surface area (Å²) in [4.78, 5) is 0. The molecule has 0 heterocycles. The zero-order valence-electron chi connectivity index (χ0n) is 7.28. The summed E-state index contributed by atoms with van der Waals surface area (Å²) in [5.74, 6) is -2.39. The predicted octanol–water partition coefficient (Wildman–Crippen LogP) is 0.697. The second-order valence-electron chi connectivity index (χ2n) is 2.70. The lowest BCUT2D eigenvalue weighted by Crippen LogP contribution is -2.21. The van der Waals surface area contributed by atoms with Crippen LogP contribution in [0.4, 0.5) is 8.78 Å². The van der Waals surface area contributed by atoms with Crippen LogP contribution in [0.5, 0.6) is 5.75 Å². The molecule has 0 fully saturated rings. The van der Waals surface area contributed by atoms with Gasteiger partial charge in [0.1, 0.15) is 12.7 Å². The summed E-state index contributed by atoms with van der Waals surface area (Å²) in [7, 11) is 0. The van der Waals surface area contributed by atoms with Gasteiger partial charge >= 0.3 is 0 Å². The molecule has 0 amide bonds. The molecule has 14 heavy (non-hydrogen) atoms. The second-order valence-corrected chi connectivity index (χ2v) is 2.70. The zero-order valence-corrected chi connectivity index (χ0v) is 7.28. The van der Waals surface area contributed by atoms with Crippen molar-refractivity contribution in [3.63, 3.8) is 0 Å². The molecule has 0 saturated carbocycles. The van der Waals surface area contributed by atoms with Gasteiger partial charge in [-0.1, -0.05) is 6.07 Å². The lowest BCUT2D eigenvalue weighted by Gasteiger charge is -2.10. The molecule has 1 unspecified atom stereocenters. The Labute approximate surface area is 79.6 Å². The first-order valence-corrected chi connectivity index (χ1v) is 4.01. The Balaban J connectivity index is 2.63. The molecular formula is C9H10F2O3. The summed E-state index contributed by atoms with van der Waals surface area (Å²) >= 11 is 0. The SMILES string of the molecule is OCC(O)COc1cccc(F)c1F. The van der Waals surface area contributed by atoms with Gasteiger partial charge in [0, 0.05) is 0 Å². The van der Waals surface area contributed by atoms with Gasteiger partial charge in [-0.3, -0.25) is 0 Å². The minimum atomic E-state index is -1.10. The van der Waals surface area contributed by atoms with Crippen LogP contribution in [0.2, 0.25) is 0 Å². The fourth-order valence-corrected chi connectivity index (χ4v) is 0.834. The first-order valence-electron chi connectivity index (χ1n) is 4.01. The molecule has 1 aromatic carbocycles. The van der Waals surface area contributed by atoms with Gasteiger partial charge in [-0.2, -0.15) is 4.39 Å². The summed E-state index contributed by atoms with van der Waals surface area (Å²) in [5, 5.41) is 17.3. The van der Waals surface area contributed by atoms with E-state index in [9.17, 15) is 8.78 Å². The molecule has 1 rings (SSSR count). The average molecular weight is 204 g/mol. The number of benzene rings is 1. The maximum absolute atomic E-state index is 12.9. The van der Waals surface area contributed by atoms with Crippen molar-refractivity contribution in [1.29, 1.82) is 0 Å². The molecule has 0 spiro atoms. The second kappa shape index (κ2) is 4.88. The summed E-state index contributed by atoms with van der Waals surface area (Å²) in [6.07, 6.45) is -1.10. The minimum absolute atomic E-state index is 0.280. The number of ether oxygens (including phenoxy) is 1. The molecule has 3 nitrogen and oxygen atoms in total. The van der Waals surface area contributed by atoms with E-state index < -0.39 is 24.3 Å². The molecule has 0 aromatic heterocycles. The first-order chi connectivity index (χ1) is 6.65. The van der Waals surface area contributed by atoms with E-state index in [2.05, 4.69) is 0 Å². The standard InChI is InChI=1S/C9H10F2O3/c10-7-2-1-3-8(9(7)11)14-5-6(13)4-12/h1-3,6,12-13H,4-5H2. The molecule has 5 heteroatoms. The van der Waals surface area contributed by atoms with Crippen molar-refractivity contribution in [2.75, 3.05) is 13.2 Å². The van der Waals surface area contributed by atoms with Crippen LogP contribution in [-0.2, 0) is 0 Å². The van der Waals surface area contributed by atoms with Gasteiger partial charge in [0.25, 0.3) is 0 Å². The van der Waals surface area contributed by atoms with E-state index in [-0.39, 0.29) is 12.4 Å². The van der Waals surface area contributed by atoms with E-state index in [0.717, 1.165) is 6.07 Å². The molecule has 2 N–H and O–H groups in total. The van der Waals surface area contributed by atoms with Crippen molar-refractivity contribution in [3.8, 4) is 5.75 Å². The normalized spacial score (nSPS) is 12.6. The quantitative estimate of drug-likeness (QED) is 0.758. The van der Waals surface area contributed by atoms with Gasteiger partial charge in [0.2, 0.25) is 5.82 Å². The van der Waals surface area contributed by atoms with Gasteiger partial charge in [-0.05, 0) is 12.1 Å². The van der Waals surface area contributed by atoms with Crippen molar-refractivity contribution in [1.82, 2.24) is 0 Å². The van der Waals surface area contributed by atoms with Crippen molar-refractivity contribution < 1.29 is 23.7 Å². The molecule has 0 aliphatic rings. The molecule has 0 aliphatic heterocycles. The van der Waals surface area contributed by atoms with Gasteiger partial charge in [0.15, 0.2) is 11.6 Å². The molecule has 0 saturated heterocycles. The lowest BCUT2D eigenvalue weighted by atomic mass is 10.3. The van der Waals surface area contributed by atoms with Crippen LogP contribution in [0, 0.1) is 11.6 Å². The fraction of sp³-hybridized carbons (Fsp3) is 0.333. The number of rotatable bonds is 4. The number of aliphatic hydroxyl groups excluding tert-OH is 2. The van der Waals surface area contributed by atoms with Crippen LogP contribution in [0.15, 0.2) is 18.2 Å². The summed E-state index contributed by atoms with van der Waals surface area (Å²) in [6, 6.07) is 3.49. The Morgan fingerprint density at radius 2 is 2.07 bits per heavy atom. The van der Waals surface area contributed by atoms with E-state index in [1.165, 1.54) is 12.1 Å². The van der Waals surface area contributed by atoms with E-state index >= 15 is 0 Å². The molecule has 1 atom stereocenters. The third-order valence-electron chi connectivity index (χ3n) is 1.56. The Bertz CT molecular complexity index is 304. The number of halogens is 2. The maximum atomic E-state index is 12.9. The Morgan fingerprint density at radius 3 is 2.71 bits per heavy atom. The van der Waals surface area contributed by atoms with Crippen molar-refractivity contribution >= 4 is 0 Å². The summed E-state index contributed by atoms with van der Waals surface area (Å²) in [6.45, 7) is -0.770. The fourth-order valence-electron chi connectivity index (χ4n) is 0.834. The van der Waals surface area contributed by atoms with Gasteiger partial charge < -0.3 is 14.9 Å². The molecule has 78 valence electrons. The van der Waals surface area contributed by atoms with E-state index in [4.69, 9.17) is 14.9 Å². The number of hydrogen-bond donors (Lipinski definition) is 2. The largest absolute Gasteiger partial charge is 0.488 e. The Kier molecular flexibility index (Phi) is 3.79. The highest BCUT2D eigenvalue weighted by atomic mass is 19.2. The monoisotopic (exact) mass is 204 g/mol. The van der Waals surface area contributed by atoms with Crippen molar-refractivity contribution in [2.45, 2.75) is 6.10 Å². The van der Waals surface area contributed by atoms with Gasteiger partial charge in [-0.15, -0.1) is 0 Å². The highest BCUT2D eigenvalue weighted by molar-refractivity contribution is 5.24. The van der Waals surface area contributed by atoms with Crippen LogP contribution < -0.4 is 4.74 Å². The van der Waals surface area contributed by atoms with Crippen LogP contribution in [-0.4, -0.2) is 29.5 Å². The number of hydrogen-bond acceptors (Lipinski definition) is 3. The van der Waals surface area contributed by atoms with Crippen LogP contribution >= 0.6 is 0 Å². The third-order valence-corrected chi connectivity index (χ3v) is 1.56. The molecule has 0 radical (unpaired) electrons. The zero-order chi connectivity index (χ0) is 10.6. The predicted molar refractivity (Wildman–Crippen MR) is 44.9 cm³/mol. The Morgan fingerprint density at radius 1 is 1.36 bits per heavy atom. The molecule has 1 aromatic rings. The molecular weight excluding hydrogens is 194 g/mol. The summed E-state index contributed by atoms with van der Waals surface area (Å²) < 4.78 is 30.3. The van der Waals surface area contributed by atoms with Crippen molar-refractivity contribution in [3.05, 3.63) is 29.8 Å². The molecule has 0 aliphatic carbocycles. The lowest BCUT2D eigenvalue weighted by molar-refractivity contribution is 0.0521. The summed E-state index contributed by atoms with van der Waals surface area (Å²) in [5.41, 5.74) is 0. The molecule has 0 bridgehead atoms. The average Bonchev–Trinajstić information content (AvgIpc) is 2.20. The highest BCUT2D eigenvalue weighted by Gasteiger charge is 2.10. The van der Waals surface area contributed by atoms with Crippen molar-refractivity contribution in [2.24, 2.45) is 0 Å². The van der Waals surface area contributed by atoms with Gasteiger partial charge in [0.05, 0.1) is 6.61 Å². The van der Waals surface area contributed by atoms with Gasteiger partial charge in [-0.25, -0.2) is 4.39 Å². The van der Waals surface area contributed by atoms with E-state index in [1.54, 1.807) is 0 Å². The number of aliphatic hydroxyl groups is 2. The Hall–Kier alpha value is -1.20. The maximum Gasteiger partial charge on any atom is 0.200 e. The topological polar surface area (TPSA) is 49.7 Å². The third kappa shape index (κ3) is 2.65. The van der Waals surface area contributed by atoms with Crippen LogP contribution in [0.1, 0.15) is 0 Å². The van der Waals surface area contributed by atoms with E-state index in [1.807, 2.05) is 0 Å². The highest BCUT2D eigenvalue weighted by Crippen LogP contribution is 2.18. The smallest absolute Gasteiger partial charge is 0.200 e. The minimum Gasteiger partial charge on any atom is -0.488 e. The van der Waals surface area contributed by atoms with Crippen LogP contribution in [0.3, 0.4) is 0 Å². The first kappa shape index (κ1) is 10.9.